The number of piperidine rings is 1. The number of ether oxygens (including phenoxy) is 2. The molecule has 1 fully saturated rings. The molecule has 13 nitrogen and oxygen atoms in total. The predicted molar refractivity (Wildman–Crippen MR) is 254 cm³/mol. The molecule has 3 rings (SSSR count). The third kappa shape index (κ3) is 18.2. The van der Waals surface area contributed by atoms with Gasteiger partial charge in [0.25, 0.3) is 5.91 Å². The van der Waals surface area contributed by atoms with Crippen LogP contribution in [0, 0.1) is 23.7 Å². The zero-order valence-electron chi connectivity index (χ0n) is 40.5. The van der Waals surface area contributed by atoms with E-state index in [9.17, 15) is 29.1 Å². The molecule has 1 aliphatic rings. The number of hydrogen-bond donors (Lipinski definition) is 3. The summed E-state index contributed by atoms with van der Waals surface area (Å²) in [7, 11) is 2.02. The number of aromatic nitrogens is 1. The number of phenolic OH excluding ortho intramolecular Hbond substituents is 1. The van der Waals surface area contributed by atoms with E-state index < -0.39 is 23.8 Å². The lowest BCUT2D eigenvalue weighted by atomic mass is 9.82. The topological polar surface area (TPSA) is 167 Å². The van der Waals surface area contributed by atoms with Crippen molar-refractivity contribution in [3.8, 4) is 5.75 Å². The average Bonchev–Trinajstić information content (AvgIpc) is 3.78. The van der Waals surface area contributed by atoms with Crippen LogP contribution in [-0.4, -0.2) is 108 Å². The number of phenols is 1. The number of Topliss-reactive ketones (excluding diaryl/α,β-unsaturated/α-hetero) is 1. The van der Waals surface area contributed by atoms with Crippen molar-refractivity contribution in [3.63, 3.8) is 0 Å². The van der Waals surface area contributed by atoms with E-state index in [1.165, 1.54) is 17.8 Å². The van der Waals surface area contributed by atoms with Crippen LogP contribution in [0.1, 0.15) is 166 Å². The molecule has 3 N–H and O–H groups in total. The molecule has 0 aliphatic carbocycles. The second-order valence-electron chi connectivity index (χ2n) is 18.5. The van der Waals surface area contributed by atoms with Gasteiger partial charge in [-0.25, -0.2) is 4.98 Å². The number of hydrogen-bond acceptors (Lipinski definition) is 11. The van der Waals surface area contributed by atoms with Crippen LogP contribution in [-0.2, 0) is 35.1 Å². The molecule has 0 saturated carbocycles. The molecule has 360 valence electrons. The summed E-state index contributed by atoms with van der Waals surface area (Å²) in [6, 6.07) is 5.90. The summed E-state index contributed by atoms with van der Waals surface area (Å²) in [6.07, 6.45) is 11.4. The van der Waals surface area contributed by atoms with Crippen molar-refractivity contribution in [3.05, 3.63) is 45.9 Å². The van der Waals surface area contributed by atoms with Crippen LogP contribution in [0.15, 0.2) is 29.6 Å². The van der Waals surface area contributed by atoms with Gasteiger partial charge in [0.15, 0.2) is 5.78 Å². The molecule has 2 heterocycles. The van der Waals surface area contributed by atoms with Crippen molar-refractivity contribution in [2.45, 2.75) is 169 Å². The van der Waals surface area contributed by atoms with E-state index in [-0.39, 0.29) is 97.5 Å². The number of nitrogens with zero attached hydrogens (tertiary/aromatic N) is 3. The first-order chi connectivity index (χ1) is 30.6. The number of unbranched alkanes of at least 4 members (excludes halogenated alkanes) is 4. The lowest BCUT2D eigenvalue weighted by Gasteiger charge is -2.39. The lowest BCUT2D eigenvalue weighted by molar-refractivity contribution is -0.150. The van der Waals surface area contributed by atoms with E-state index in [1.54, 1.807) is 36.6 Å². The Kier molecular flexibility index (Phi) is 24.6. The first-order valence-corrected chi connectivity index (χ1v) is 25.1. The van der Waals surface area contributed by atoms with Gasteiger partial charge in [0.05, 0.1) is 17.7 Å². The third-order valence-corrected chi connectivity index (χ3v) is 13.8. The first kappa shape index (κ1) is 54.5. The third-order valence-electron chi connectivity index (χ3n) is 12.8. The molecule has 64 heavy (non-hydrogen) atoms. The maximum Gasteiger partial charge on any atom is 0.325 e. The number of carbonyl (C=O) groups is 5. The first-order valence-electron chi connectivity index (χ1n) is 24.2. The Hall–Kier alpha value is -3.88. The summed E-state index contributed by atoms with van der Waals surface area (Å²) in [5.74, 6) is -1.99. The second-order valence-corrected chi connectivity index (χ2v) is 19.4. The number of benzene rings is 1. The van der Waals surface area contributed by atoms with Gasteiger partial charge in [-0.2, -0.15) is 0 Å². The Morgan fingerprint density at radius 3 is 2.31 bits per heavy atom. The van der Waals surface area contributed by atoms with Crippen molar-refractivity contribution < 1.29 is 38.6 Å². The number of nitrogens with one attached hydrogen (secondary N) is 2. The maximum absolute atomic E-state index is 14.9. The summed E-state index contributed by atoms with van der Waals surface area (Å²) in [5.41, 5.74) is 1.13. The molecule has 7 atom stereocenters. The summed E-state index contributed by atoms with van der Waals surface area (Å²) in [6.45, 7) is 18.0. The fourth-order valence-electron chi connectivity index (χ4n) is 8.50. The molecular weight excluding hydrogens is 831 g/mol. The van der Waals surface area contributed by atoms with Crippen LogP contribution in [0.4, 0.5) is 0 Å². The Balaban J connectivity index is 1.82. The van der Waals surface area contributed by atoms with E-state index >= 15 is 0 Å². The molecule has 2 aromatic rings. The Bertz CT molecular complexity index is 1720. The second kappa shape index (κ2) is 28.9. The van der Waals surface area contributed by atoms with Crippen molar-refractivity contribution in [1.82, 2.24) is 25.4 Å². The number of likely N-dealkylation sites (tertiary alicyclic amines) is 1. The summed E-state index contributed by atoms with van der Waals surface area (Å²) in [5, 5.41) is 18.1. The zero-order chi connectivity index (χ0) is 47.2. The highest BCUT2D eigenvalue weighted by atomic mass is 32.1. The minimum atomic E-state index is -0.539. The standard InChI is InChI=1S/C50H81N5O8S/c1-10-13-14-15-18-26-62-33-55(50(61)41(35(6)12-3)30-45(57)43-19-16-17-24-54(43)9)44(34(4)5)28-37(8)49-53-42(32-64-49)48(60)52-39(29-38-20-22-40(56)23-21-38)27-36(7)47(59)51-31-46(58)63-25-11-2/h20-23,32,34-37,39,41,43-44,56H,10-19,24-31,33H2,1-9H3,(H,51,59)(H,52,60)/t35?,36-,37+,39+,41-,43?,44+/m0/s1. The van der Waals surface area contributed by atoms with E-state index in [2.05, 4.69) is 57.1 Å². The predicted octanol–water partition coefficient (Wildman–Crippen LogP) is 8.68. The molecule has 1 aromatic carbocycles. The number of aromatic hydroxyl groups is 1. The summed E-state index contributed by atoms with van der Waals surface area (Å²) in [4.78, 5) is 76.6. The Labute approximate surface area is 388 Å². The van der Waals surface area contributed by atoms with E-state index in [1.807, 2.05) is 18.9 Å². The number of carbonyl (C=O) groups excluding carboxylic acids is 5. The highest BCUT2D eigenvalue weighted by Crippen LogP contribution is 2.33. The Morgan fingerprint density at radius 1 is 0.938 bits per heavy atom. The van der Waals surface area contributed by atoms with E-state index in [0.29, 0.717) is 25.9 Å². The molecule has 0 bridgehead atoms. The molecule has 0 radical (unpaired) electrons. The van der Waals surface area contributed by atoms with Crippen LogP contribution < -0.4 is 10.6 Å². The van der Waals surface area contributed by atoms with Crippen LogP contribution in [0.5, 0.6) is 5.75 Å². The molecule has 1 aromatic heterocycles. The van der Waals surface area contributed by atoms with Crippen molar-refractivity contribution >= 4 is 40.8 Å². The van der Waals surface area contributed by atoms with Gasteiger partial charge in [-0.15, -0.1) is 11.3 Å². The minimum Gasteiger partial charge on any atom is -0.508 e. The number of ketones is 1. The van der Waals surface area contributed by atoms with Crippen LogP contribution in [0.25, 0.3) is 0 Å². The molecular formula is C50H81N5O8S. The SMILES string of the molecule is CCCCCCCOCN(C(=O)[C@@H](CC(=O)C1CCCCN1C)C(C)CC)[C@H](C[C@@H](C)c1nc(C(=O)N[C@@H](Cc2ccc(O)cc2)C[C@H](C)C(=O)NCC(=O)OCCC)cs1)C(C)C. The van der Waals surface area contributed by atoms with Gasteiger partial charge in [0.2, 0.25) is 11.8 Å². The van der Waals surface area contributed by atoms with Gasteiger partial charge in [-0.05, 0) is 88.1 Å². The Morgan fingerprint density at radius 2 is 1.66 bits per heavy atom. The summed E-state index contributed by atoms with van der Waals surface area (Å²) < 4.78 is 11.4. The lowest BCUT2D eigenvalue weighted by Crippen LogP contribution is -2.50. The molecule has 1 aliphatic heterocycles. The summed E-state index contributed by atoms with van der Waals surface area (Å²) >= 11 is 1.40. The van der Waals surface area contributed by atoms with Gasteiger partial charge >= 0.3 is 5.97 Å². The van der Waals surface area contributed by atoms with E-state index in [4.69, 9.17) is 14.5 Å². The molecule has 0 spiro atoms. The highest BCUT2D eigenvalue weighted by Gasteiger charge is 2.38. The number of rotatable bonds is 30. The van der Waals surface area contributed by atoms with Gasteiger partial charge in [-0.1, -0.05) is 106 Å². The number of likely N-dealkylation sites (N-methyl/N-ethyl adjacent to an activating group) is 1. The van der Waals surface area contributed by atoms with Crippen LogP contribution >= 0.6 is 11.3 Å². The molecule has 2 unspecified atom stereocenters. The number of amides is 3. The van der Waals surface area contributed by atoms with Crippen molar-refractivity contribution in [1.29, 1.82) is 0 Å². The van der Waals surface area contributed by atoms with Gasteiger partial charge in [0.1, 0.15) is 24.7 Å². The fourth-order valence-corrected chi connectivity index (χ4v) is 9.37. The smallest absolute Gasteiger partial charge is 0.325 e. The zero-order valence-corrected chi connectivity index (χ0v) is 41.3. The maximum atomic E-state index is 14.9. The quantitative estimate of drug-likeness (QED) is 0.0392. The molecule has 3 amide bonds. The number of esters is 1. The highest BCUT2D eigenvalue weighted by molar-refractivity contribution is 7.09. The molecule has 14 heteroatoms. The van der Waals surface area contributed by atoms with Crippen molar-refractivity contribution in [2.24, 2.45) is 23.7 Å². The minimum absolute atomic E-state index is 0.0109. The van der Waals surface area contributed by atoms with Crippen LogP contribution in [0.3, 0.4) is 0 Å². The fraction of sp³-hybridized carbons (Fsp3) is 0.720. The molecule has 1 saturated heterocycles. The van der Waals surface area contributed by atoms with Crippen LogP contribution in [0.2, 0.25) is 0 Å². The average molecular weight is 912 g/mol. The van der Waals surface area contributed by atoms with Gasteiger partial charge < -0.3 is 30.1 Å². The van der Waals surface area contributed by atoms with E-state index in [0.717, 1.165) is 68.5 Å². The monoisotopic (exact) mass is 912 g/mol. The number of thiazole rings is 1. The largest absolute Gasteiger partial charge is 0.508 e. The normalized spacial score (nSPS) is 17.2. The van der Waals surface area contributed by atoms with Gasteiger partial charge in [0, 0.05) is 48.2 Å². The van der Waals surface area contributed by atoms with Gasteiger partial charge in [-0.3, -0.25) is 28.9 Å². The van der Waals surface area contributed by atoms with Crippen molar-refractivity contribution in [2.75, 3.05) is 40.1 Å².